The zero-order valence-electron chi connectivity index (χ0n) is 12.8. The standard InChI is InChI=1S/C17H14FN3O3/c1-11-2-3-12(17-21-19-10-24-17)8-15(11)20-16(22)9-23-14-6-4-13(18)5-7-14/h2-8,10H,9H2,1H3,(H,20,22). The highest BCUT2D eigenvalue weighted by Crippen LogP contribution is 2.23. The molecular weight excluding hydrogens is 313 g/mol. The van der Waals surface area contributed by atoms with Gasteiger partial charge in [-0.3, -0.25) is 4.79 Å². The van der Waals surface area contributed by atoms with Gasteiger partial charge in [0, 0.05) is 11.3 Å². The molecule has 7 heteroatoms. The van der Waals surface area contributed by atoms with Crippen LogP contribution in [0.3, 0.4) is 0 Å². The Bertz CT molecular complexity index is 833. The summed E-state index contributed by atoms with van der Waals surface area (Å²) in [6.45, 7) is 1.68. The number of carbonyl (C=O) groups is 1. The van der Waals surface area contributed by atoms with Crippen molar-refractivity contribution < 1.29 is 18.3 Å². The highest BCUT2D eigenvalue weighted by atomic mass is 19.1. The lowest BCUT2D eigenvalue weighted by Crippen LogP contribution is -2.20. The quantitative estimate of drug-likeness (QED) is 0.778. The second-order valence-corrected chi connectivity index (χ2v) is 5.06. The number of carbonyl (C=O) groups excluding carboxylic acids is 1. The fourth-order valence-electron chi connectivity index (χ4n) is 2.05. The zero-order chi connectivity index (χ0) is 16.9. The van der Waals surface area contributed by atoms with Gasteiger partial charge < -0.3 is 14.5 Å². The van der Waals surface area contributed by atoms with Gasteiger partial charge in [-0.25, -0.2) is 4.39 Å². The molecule has 122 valence electrons. The molecule has 0 aliphatic rings. The van der Waals surface area contributed by atoms with Crippen LogP contribution in [0.25, 0.3) is 11.5 Å². The summed E-state index contributed by atoms with van der Waals surface area (Å²) in [5.41, 5.74) is 2.21. The highest BCUT2D eigenvalue weighted by Gasteiger charge is 2.10. The molecule has 1 aromatic heterocycles. The van der Waals surface area contributed by atoms with Crippen molar-refractivity contribution in [2.24, 2.45) is 0 Å². The molecule has 0 atom stereocenters. The number of nitrogens with one attached hydrogen (secondary N) is 1. The average molecular weight is 327 g/mol. The molecule has 0 unspecified atom stereocenters. The van der Waals surface area contributed by atoms with Gasteiger partial charge in [0.1, 0.15) is 11.6 Å². The monoisotopic (exact) mass is 327 g/mol. The maximum absolute atomic E-state index is 12.8. The number of amides is 1. The fraction of sp³-hybridized carbons (Fsp3) is 0.118. The third kappa shape index (κ3) is 3.75. The lowest BCUT2D eigenvalue weighted by molar-refractivity contribution is -0.118. The van der Waals surface area contributed by atoms with Crippen molar-refractivity contribution in [3.05, 3.63) is 60.2 Å². The number of nitrogens with zero attached hydrogens (tertiary/aromatic N) is 2. The van der Waals surface area contributed by atoms with Crippen LogP contribution in [0.2, 0.25) is 0 Å². The molecule has 3 rings (SSSR count). The summed E-state index contributed by atoms with van der Waals surface area (Å²) in [6.07, 6.45) is 1.24. The van der Waals surface area contributed by atoms with Crippen molar-refractivity contribution in [1.29, 1.82) is 0 Å². The first-order chi connectivity index (χ1) is 11.6. The number of rotatable bonds is 5. The van der Waals surface area contributed by atoms with Gasteiger partial charge in [-0.2, -0.15) is 0 Å². The Kier molecular flexibility index (Phi) is 4.51. The molecule has 6 nitrogen and oxygen atoms in total. The maximum atomic E-state index is 12.8. The van der Waals surface area contributed by atoms with Crippen LogP contribution in [0.1, 0.15) is 5.56 Å². The molecule has 0 aliphatic carbocycles. The number of hydrogen-bond acceptors (Lipinski definition) is 5. The van der Waals surface area contributed by atoms with Gasteiger partial charge >= 0.3 is 0 Å². The molecule has 1 amide bonds. The first-order valence-corrected chi connectivity index (χ1v) is 7.17. The Hall–Kier alpha value is -3.22. The Labute approximate surface area is 137 Å². The van der Waals surface area contributed by atoms with E-state index >= 15 is 0 Å². The van der Waals surface area contributed by atoms with Crippen LogP contribution in [-0.2, 0) is 4.79 Å². The van der Waals surface area contributed by atoms with Crippen LogP contribution in [0.5, 0.6) is 5.75 Å². The van der Waals surface area contributed by atoms with Crippen LogP contribution in [-0.4, -0.2) is 22.7 Å². The summed E-state index contributed by atoms with van der Waals surface area (Å²) in [5.74, 6) is 0.0984. The van der Waals surface area contributed by atoms with E-state index in [9.17, 15) is 9.18 Å². The Morgan fingerprint density at radius 2 is 2.04 bits per heavy atom. The average Bonchev–Trinajstić information content (AvgIpc) is 3.11. The van der Waals surface area contributed by atoms with Crippen LogP contribution < -0.4 is 10.1 Å². The van der Waals surface area contributed by atoms with Crippen LogP contribution >= 0.6 is 0 Å². The first kappa shape index (κ1) is 15.7. The second-order valence-electron chi connectivity index (χ2n) is 5.06. The Balaban J connectivity index is 1.65. The molecule has 0 bridgehead atoms. The summed E-state index contributed by atoms with van der Waals surface area (Å²) in [6, 6.07) is 10.9. The number of benzene rings is 2. The number of hydrogen-bond donors (Lipinski definition) is 1. The van der Waals surface area contributed by atoms with E-state index in [4.69, 9.17) is 9.15 Å². The van der Waals surface area contributed by atoms with Gasteiger partial charge in [-0.1, -0.05) is 6.07 Å². The van der Waals surface area contributed by atoms with Gasteiger partial charge in [-0.15, -0.1) is 10.2 Å². The minimum absolute atomic E-state index is 0.185. The predicted octanol–water partition coefficient (Wildman–Crippen LogP) is 3.20. The molecule has 0 radical (unpaired) electrons. The molecule has 1 heterocycles. The SMILES string of the molecule is Cc1ccc(-c2nnco2)cc1NC(=O)COc1ccc(F)cc1. The van der Waals surface area contributed by atoms with E-state index in [0.29, 0.717) is 22.9 Å². The molecule has 0 spiro atoms. The maximum Gasteiger partial charge on any atom is 0.262 e. The van der Waals surface area contributed by atoms with Crippen LogP contribution in [0, 0.1) is 12.7 Å². The molecular formula is C17H14FN3O3. The van der Waals surface area contributed by atoms with Gasteiger partial charge in [0.25, 0.3) is 5.91 Å². The number of halogens is 1. The van der Waals surface area contributed by atoms with Crippen molar-refractivity contribution in [2.45, 2.75) is 6.92 Å². The van der Waals surface area contributed by atoms with E-state index in [1.54, 1.807) is 6.07 Å². The topological polar surface area (TPSA) is 77.3 Å². The van der Waals surface area contributed by atoms with Gasteiger partial charge in [-0.05, 0) is 48.9 Å². The summed E-state index contributed by atoms with van der Waals surface area (Å²) in [5, 5.41) is 10.2. The van der Waals surface area contributed by atoms with Crippen molar-refractivity contribution in [3.8, 4) is 17.2 Å². The molecule has 0 saturated heterocycles. The number of anilines is 1. The van der Waals surface area contributed by atoms with E-state index in [0.717, 1.165) is 5.56 Å². The molecule has 0 aliphatic heterocycles. The van der Waals surface area contributed by atoms with Crippen molar-refractivity contribution in [3.63, 3.8) is 0 Å². The predicted molar refractivity (Wildman–Crippen MR) is 85.0 cm³/mol. The lowest BCUT2D eigenvalue weighted by atomic mass is 10.1. The van der Waals surface area contributed by atoms with Crippen molar-refractivity contribution in [1.82, 2.24) is 10.2 Å². The molecule has 1 N–H and O–H groups in total. The minimum Gasteiger partial charge on any atom is -0.484 e. The normalized spacial score (nSPS) is 10.4. The third-order valence-electron chi connectivity index (χ3n) is 3.30. The summed E-state index contributed by atoms with van der Waals surface area (Å²) in [4.78, 5) is 12.0. The second kappa shape index (κ2) is 6.91. The molecule has 24 heavy (non-hydrogen) atoms. The molecule has 3 aromatic rings. The van der Waals surface area contributed by atoms with Crippen molar-refractivity contribution in [2.75, 3.05) is 11.9 Å². The van der Waals surface area contributed by atoms with Crippen LogP contribution in [0.15, 0.2) is 53.3 Å². The van der Waals surface area contributed by atoms with E-state index in [-0.39, 0.29) is 18.3 Å². The van der Waals surface area contributed by atoms with Gasteiger partial charge in [0.05, 0.1) is 0 Å². The van der Waals surface area contributed by atoms with E-state index in [1.165, 1.54) is 30.7 Å². The van der Waals surface area contributed by atoms with Crippen molar-refractivity contribution >= 4 is 11.6 Å². The van der Waals surface area contributed by atoms with Gasteiger partial charge in [0.2, 0.25) is 12.3 Å². The highest BCUT2D eigenvalue weighted by molar-refractivity contribution is 5.93. The van der Waals surface area contributed by atoms with Gasteiger partial charge in [0.15, 0.2) is 6.61 Å². The molecule has 0 fully saturated rings. The number of aromatic nitrogens is 2. The number of ether oxygens (including phenoxy) is 1. The fourth-order valence-corrected chi connectivity index (χ4v) is 2.05. The largest absolute Gasteiger partial charge is 0.484 e. The van der Waals surface area contributed by atoms with Crippen LogP contribution in [0.4, 0.5) is 10.1 Å². The number of aryl methyl sites for hydroxylation is 1. The first-order valence-electron chi connectivity index (χ1n) is 7.17. The smallest absolute Gasteiger partial charge is 0.262 e. The zero-order valence-corrected chi connectivity index (χ0v) is 12.8. The Morgan fingerprint density at radius 1 is 1.25 bits per heavy atom. The summed E-state index contributed by atoms with van der Waals surface area (Å²) >= 11 is 0. The lowest BCUT2D eigenvalue weighted by Gasteiger charge is -2.10. The summed E-state index contributed by atoms with van der Waals surface area (Å²) in [7, 11) is 0. The molecule has 2 aromatic carbocycles. The summed E-state index contributed by atoms with van der Waals surface area (Å²) < 4.78 is 23.3. The van der Waals surface area contributed by atoms with E-state index in [2.05, 4.69) is 15.5 Å². The Morgan fingerprint density at radius 3 is 2.75 bits per heavy atom. The van der Waals surface area contributed by atoms with E-state index in [1.807, 2.05) is 19.1 Å². The third-order valence-corrected chi connectivity index (χ3v) is 3.30. The van der Waals surface area contributed by atoms with E-state index < -0.39 is 0 Å². The minimum atomic E-state index is -0.361. The molecule has 0 saturated carbocycles.